The molecule has 1 aliphatic carbocycles. The van der Waals surface area contributed by atoms with E-state index in [4.69, 9.17) is 26.2 Å². The molecule has 5 nitrogen and oxygen atoms in total. The van der Waals surface area contributed by atoms with Gasteiger partial charge in [-0.1, -0.05) is 223 Å². The predicted octanol–water partition coefficient (Wildman–Crippen LogP) is 20.9. The molecule has 9 aromatic carbocycles. The molecule has 0 spiro atoms. The number of rotatable bonds is 6. The number of pyridine rings is 1. The fraction of sp³-hybridized carbons (Fsp3) is 0.250. The lowest BCUT2D eigenvalue weighted by Crippen LogP contribution is -2.33. The highest BCUT2D eigenvalue weighted by Gasteiger charge is 2.38. The van der Waals surface area contributed by atoms with E-state index in [0.29, 0.717) is 28.3 Å². The number of fused-ring (bicyclic) bond motifs is 11. The summed E-state index contributed by atoms with van der Waals surface area (Å²) in [5.41, 5.74) is -12.1. The average molecular weight is 1140 g/mol. The van der Waals surface area contributed by atoms with E-state index in [9.17, 15) is 20.6 Å². The van der Waals surface area contributed by atoms with Gasteiger partial charge >= 0.3 is 0 Å². The van der Waals surface area contributed by atoms with E-state index in [0.717, 1.165) is 39.0 Å². The first-order valence-corrected chi connectivity index (χ1v) is 28.1. The number of hydrogen-bond acceptors (Lipinski definition) is 2. The Morgan fingerprint density at radius 3 is 1.85 bits per heavy atom. The van der Waals surface area contributed by atoms with E-state index >= 15 is 0 Å². The van der Waals surface area contributed by atoms with Gasteiger partial charge in [-0.3, -0.25) is 13.7 Å². The molecule has 0 fully saturated rings. The third-order valence-corrected chi connectivity index (χ3v) is 16.3. The molecule has 12 aromatic rings. The minimum atomic E-state index is -4.69. The van der Waals surface area contributed by atoms with Crippen LogP contribution in [0.3, 0.4) is 0 Å². The number of benzene rings is 9. The molecule has 0 bridgehead atoms. The van der Waals surface area contributed by atoms with Crippen molar-refractivity contribution in [1.82, 2.24) is 14.1 Å². The van der Waals surface area contributed by atoms with Gasteiger partial charge in [-0.05, 0) is 178 Å². The van der Waals surface area contributed by atoms with Crippen molar-refractivity contribution in [3.8, 4) is 84.3 Å². The molecule has 422 valence electrons. The minimum absolute atomic E-state index is 0.0704. The van der Waals surface area contributed by atoms with Crippen LogP contribution in [0.15, 0.2) is 200 Å². The molecular weight excluding hydrogens is 1030 g/mol. The summed E-state index contributed by atoms with van der Waals surface area (Å²) in [6.45, 7) is 0.627. The van der Waals surface area contributed by atoms with Crippen molar-refractivity contribution < 1.29 is 46.3 Å². The molecule has 0 N–H and O–H groups in total. The zero-order valence-electron chi connectivity index (χ0n) is 75.4. The Morgan fingerprint density at radius 2 is 1.15 bits per heavy atom. The van der Waals surface area contributed by atoms with E-state index in [1.807, 2.05) is 125 Å². The average Bonchev–Trinajstić information content (AvgIpc) is 0.713. The lowest BCUT2D eigenvalue weighted by Gasteiger charge is -2.42. The van der Waals surface area contributed by atoms with Crippen molar-refractivity contribution in [3.63, 3.8) is 0 Å². The van der Waals surface area contributed by atoms with Crippen molar-refractivity contribution in [2.45, 2.75) is 130 Å². The number of hydrogen-bond donors (Lipinski definition) is 0. The van der Waals surface area contributed by atoms with Crippen LogP contribution < -0.4 is 9.30 Å². The molecule has 0 saturated heterocycles. The summed E-state index contributed by atoms with van der Waals surface area (Å²) < 4.78 is 268. The van der Waals surface area contributed by atoms with E-state index in [1.165, 1.54) is 15.2 Å². The number of aromatic nitrogens is 4. The second-order valence-corrected chi connectivity index (χ2v) is 25.2. The molecule has 0 saturated carbocycles. The highest BCUT2D eigenvalue weighted by Crippen LogP contribution is 2.50. The highest BCUT2D eigenvalue weighted by molar-refractivity contribution is 6.09. The smallest absolute Gasteiger partial charge is 0.269 e. The monoisotopic (exact) mass is 1140 g/mol. The van der Waals surface area contributed by atoms with E-state index in [-0.39, 0.29) is 55.7 Å². The molecule has 85 heavy (non-hydrogen) atoms. The SMILES string of the molecule is [2H]c1c([2H])c([2H])c2c(c1[2H])-c1cc(C(C)(C)C)cc(-c3ccc(C(C)(C)C)cc3)c1-[n+]1[c-]n(-c3cccc(Oc4ccc5c6ccccc6n(-c6cc(C(C)(C)C)ccn6)c5c4)c3)c3cc(-c4c([2H])c([2H])c5c(c4[2H])C(C([2H])([2H])[2H])(C([2H])([2H])[2H])C([2H])([2H])C([2H])([2H])C5(C([2H])([2H])[2H])C([2H])([2H])[2H])cc(c31)-c1c([2H])c([2H])c([2H])c([2H])c1-2. The zero-order chi connectivity index (χ0) is 82.3. The van der Waals surface area contributed by atoms with Crippen molar-refractivity contribution in [2.24, 2.45) is 0 Å². The summed E-state index contributed by atoms with van der Waals surface area (Å²) >= 11 is 0. The fourth-order valence-electron chi connectivity index (χ4n) is 11.7. The van der Waals surface area contributed by atoms with Crippen LogP contribution in [0, 0.1) is 6.33 Å². The summed E-state index contributed by atoms with van der Waals surface area (Å²) in [6.07, 6.45) is -4.05. The summed E-state index contributed by atoms with van der Waals surface area (Å²) in [5.74, 6) is 1.17. The first-order valence-electron chi connectivity index (χ1n) is 41.6. The summed E-state index contributed by atoms with van der Waals surface area (Å²) in [6, 6.07) is 26.7. The predicted molar refractivity (Wildman–Crippen MR) is 354 cm³/mol. The van der Waals surface area contributed by atoms with Crippen LogP contribution in [0.4, 0.5) is 0 Å². The third-order valence-electron chi connectivity index (χ3n) is 16.3. The molecule has 1 aliphatic heterocycles. The number of nitrogens with zero attached hydrogens (tertiary/aromatic N) is 4. The summed E-state index contributed by atoms with van der Waals surface area (Å²) in [4.78, 5) is 4.85. The third kappa shape index (κ3) is 9.21. The first-order chi connectivity index (χ1) is 51.6. The molecule has 2 aliphatic rings. The Morgan fingerprint density at radius 1 is 0.518 bits per heavy atom. The van der Waals surface area contributed by atoms with Gasteiger partial charge in [0.15, 0.2) is 0 Å². The van der Waals surface area contributed by atoms with Crippen LogP contribution in [-0.4, -0.2) is 14.1 Å². The molecular formula is C80H76N4O. The van der Waals surface area contributed by atoms with Gasteiger partial charge in [0.2, 0.25) is 0 Å². The summed E-state index contributed by atoms with van der Waals surface area (Å²) in [5, 5.41) is 1.81. The van der Waals surface area contributed by atoms with Crippen molar-refractivity contribution in [1.29, 1.82) is 0 Å². The topological polar surface area (TPSA) is 35.9 Å². The van der Waals surface area contributed by atoms with Gasteiger partial charge < -0.3 is 4.74 Å². The molecule has 0 unspecified atom stereocenters. The van der Waals surface area contributed by atoms with Crippen LogP contribution in [0.2, 0.25) is 0 Å². The quantitative estimate of drug-likeness (QED) is 0.123. The van der Waals surface area contributed by atoms with Gasteiger partial charge in [-0.15, -0.1) is 0 Å². The number of para-hydroxylation sites is 1. The van der Waals surface area contributed by atoms with Crippen LogP contribution in [-0.2, 0) is 27.1 Å². The highest BCUT2D eigenvalue weighted by atomic mass is 16.5. The van der Waals surface area contributed by atoms with Gasteiger partial charge in [0, 0.05) is 45.0 Å². The van der Waals surface area contributed by atoms with E-state index < -0.39 is 162 Å². The standard InChI is InChI=1S/C80H76N4O/c1-76(2,3)53-32-29-50(30-33-53)65-44-55(78(7,8)9)45-67-62-26-17-15-24-60(62)59-23-14-16-25-61(59)66-41-52(51-31-36-68-69(42-51)80(12,13)39-38-79(68,10)11)43-72-75(66)83(74(65)67)49-82(72)56-21-20-22-57(47-56)85-58-34-35-64-63-27-18-19-28-70(63)84(71(64)48-58)73-46-54(37-40-81-73)77(4,5)6/h14-37,40-48H,38-39H2,1-13H3/i10D3,11D3,12D3,13D3,14D,15D,16D,17D,23D,24D,25D,26D,31D,36D,38D2,39D2,42D. The number of imidazole rings is 1. The normalized spacial score (nSPS) is 20.9. The Hall–Kier alpha value is -8.80. The van der Waals surface area contributed by atoms with E-state index in [2.05, 4.69) is 27.1 Å². The maximum Gasteiger partial charge on any atom is 0.269 e. The van der Waals surface area contributed by atoms with Crippen molar-refractivity contribution >= 4 is 32.8 Å². The first kappa shape index (κ1) is 31.9. The van der Waals surface area contributed by atoms with Gasteiger partial charge in [-0.2, -0.15) is 0 Å². The second-order valence-electron chi connectivity index (χ2n) is 25.2. The van der Waals surface area contributed by atoms with Crippen LogP contribution in [0.1, 0.15) is 167 Å². The molecule has 3 aromatic heterocycles. The maximum absolute atomic E-state index is 10.5. The Labute approximate surface area is 540 Å². The van der Waals surface area contributed by atoms with Gasteiger partial charge in [0.25, 0.3) is 6.33 Å². The molecule has 4 heterocycles. The molecule has 0 amide bonds. The fourth-order valence-corrected chi connectivity index (χ4v) is 11.7. The minimum Gasteiger partial charge on any atom is -0.458 e. The molecule has 0 radical (unpaired) electrons. The molecule has 0 atom stereocenters. The number of ether oxygens (including phenoxy) is 1. The molecule has 5 heteroatoms. The lowest BCUT2D eigenvalue weighted by atomic mass is 9.63. The van der Waals surface area contributed by atoms with Gasteiger partial charge in [0.05, 0.1) is 48.5 Å². The van der Waals surface area contributed by atoms with Gasteiger partial charge in [-0.25, -0.2) is 4.98 Å². The van der Waals surface area contributed by atoms with Crippen LogP contribution >= 0.6 is 0 Å². The van der Waals surface area contributed by atoms with E-state index in [1.54, 1.807) is 42.6 Å². The zero-order valence-corrected chi connectivity index (χ0v) is 48.4. The lowest BCUT2D eigenvalue weighted by molar-refractivity contribution is -0.570. The Kier molecular flexibility index (Phi) is 7.27. The molecule has 14 rings (SSSR count). The van der Waals surface area contributed by atoms with Crippen LogP contribution in [0.25, 0.3) is 106 Å². The van der Waals surface area contributed by atoms with Crippen molar-refractivity contribution in [2.75, 3.05) is 0 Å². The largest absolute Gasteiger partial charge is 0.458 e. The van der Waals surface area contributed by atoms with Crippen LogP contribution in [0.5, 0.6) is 11.5 Å². The summed E-state index contributed by atoms with van der Waals surface area (Å²) in [7, 11) is 0. The maximum atomic E-state index is 10.5. The Balaban J connectivity index is 1.19. The Bertz CT molecular complexity index is 5990. The second kappa shape index (κ2) is 19.4. The van der Waals surface area contributed by atoms with Gasteiger partial charge in [0.1, 0.15) is 17.3 Å². The van der Waals surface area contributed by atoms with Crippen molar-refractivity contribution in [3.05, 3.63) is 234 Å².